The van der Waals surface area contributed by atoms with E-state index in [-0.39, 0.29) is 24.3 Å². The summed E-state index contributed by atoms with van der Waals surface area (Å²) in [7, 11) is 2.96. The molecule has 0 radical (unpaired) electrons. The predicted molar refractivity (Wildman–Crippen MR) is 75.1 cm³/mol. The molecule has 0 aromatic rings. The molecule has 0 aromatic carbocycles. The number of hydrogen-bond donors (Lipinski definition) is 4. The van der Waals surface area contributed by atoms with Crippen LogP contribution in [0.15, 0.2) is 0 Å². The average Bonchev–Trinajstić information content (AvgIpc) is 2.46. The predicted octanol–water partition coefficient (Wildman–Crippen LogP) is -0.131. The van der Waals surface area contributed by atoms with Crippen LogP contribution in [0.5, 0.6) is 0 Å². The summed E-state index contributed by atoms with van der Waals surface area (Å²) in [6, 6.07) is -1.09. The number of nitrogens with one attached hydrogen (secondary N) is 4. The van der Waals surface area contributed by atoms with Gasteiger partial charge in [-0.3, -0.25) is 9.59 Å². The molecule has 1 saturated carbocycles. The molecule has 4 N–H and O–H groups in total. The van der Waals surface area contributed by atoms with Gasteiger partial charge in [-0.1, -0.05) is 19.3 Å². The fraction of sp³-hybridized carbons (Fsp3) is 0.769. The Balaban J connectivity index is 2.47. The van der Waals surface area contributed by atoms with Gasteiger partial charge in [-0.05, 0) is 12.8 Å². The molecule has 7 heteroatoms. The highest BCUT2D eigenvalue weighted by molar-refractivity contribution is 5.91. The summed E-state index contributed by atoms with van der Waals surface area (Å²) in [5, 5.41) is 10.3. The van der Waals surface area contributed by atoms with E-state index in [1.165, 1.54) is 20.5 Å². The van der Waals surface area contributed by atoms with Crippen molar-refractivity contribution in [2.75, 3.05) is 14.1 Å². The van der Waals surface area contributed by atoms with Crippen LogP contribution in [0.25, 0.3) is 0 Å². The molecule has 1 aliphatic rings. The number of amides is 4. The Labute approximate surface area is 119 Å². The molecule has 0 aromatic heterocycles. The Morgan fingerprint density at radius 2 is 1.70 bits per heavy atom. The number of urea groups is 1. The minimum atomic E-state index is -0.858. The van der Waals surface area contributed by atoms with E-state index in [2.05, 4.69) is 21.3 Å². The lowest BCUT2D eigenvalue weighted by Gasteiger charge is -2.24. The molecule has 0 unspecified atom stereocenters. The molecule has 20 heavy (non-hydrogen) atoms. The zero-order valence-corrected chi connectivity index (χ0v) is 12.1. The van der Waals surface area contributed by atoms with Gasteiger partial charge in [0.2, 0.25) is 11.8 Å². The first-order valence-corrected chi connectivity index (χ1v) is 7.06. The van der Waals surface area contributed by atoms with Gasteiger partial charge >= 0.3 is 6.03 Å². The van der Waals surface area contributed by atoms with Crippen molar-refractivity contribution >= 4 is 17.8 Å². The summed E-state index contributed by atoms with van der Waals surface area (Å²) in [4.78, 5) is 34.9. The zero-order valence-electron chi connectivity index (χ0n) is 12.1. The van der Waals surface area contributed by atoms with Crippen LogP contribution in [0.3, 0.4) is 0 Å². The van der Waals surface area contributed by atoms with Crippen LogP contribution < -0.4 is 21.3 Å². The number of carbonyl (C=O) groups is 3. The van der Waals surface area contributed by atoms with Crippen LogP contribution >= 0.6 is 0 Å². The Morgan fingerprint density at radius 3 is 2.25 bits per heavy atom. The second-order valence-corrected chi connectivity index (χ2v) is 5.00. The number of carbonyl (C=O) groups excluding carboxylic acids is 3. The molecule has 1 atom stereocenters. The van der Waals surface area contributed by atoms with E-state index in [4.69, 9.17) is 0 Å². The minimum Gasteiger partial charge on any atom is -0.359 e. The van der Waals surface area contributed by atoms with Crippen LogP contribution in [0, 0.1) is 0 Å². The van der Waals surface area contributed by atoms with E-state index in [0.29, 0.717) is 0 Å². The first kappa shape index (κ1) is 16.3. The third-order valence-electron chi connectivity index (χ3n) is 3.48. The van der Waals surface area contributed by atoms with E-state index >= 15 is 0 Å². The lowest BCUT2D eigenvalue weighted by Crippen LogP contribution is -2.53. The van der Waals surface area contributed by atoms with Crippen molar-refractivity contribution in [3.8, 4) is 0 Å². The number of hydrogen-bond acceptors (Lipinski definition) is 3. The normalized spacial score (nSPS) is 16.9. The van der Waals surface area contributed by atoms with Crippen LogP contribution in [0.2, 0.25) is 0 Å². The first-order chi connectivity index (χ1) is 9.56. The van der Waals surface area contributed by atoms with Gasteiger partial charge < -0.3 is 21.3 Å². The molecule has 0 saturated heterocycles. The van der Waals surface area contributed by atoms with Gasteiger partial charge in [-0.2, -0.15) is 0 Å². The van der Waals surface area contributed by atoms with Gasteiger partial charge in [0.15, 0.2) is 0 Å². The van der Waals surface area contributed by atoms with E-state index < -0.39 is 12.1 Å². The highest BCUT2D eigenvalue weighted by atomic mass is 16.2. The SMILES string of the molecule is CNC(=O)C[C@H](NC(=O)NC1CCCCC1)C(=O)NC. The molecular formula is C13H24N4O3. The van der Waals surface area contributed by atoms with Gasteiger partial charge in [-0.15, -0.1) is 0 Å². The fourth-order valence-electron chi connectivity index (χ4n) is 2.30. The molecule has 1 fully saturated rings. The van der Waals surface area contributed by atoms with Crippen LogP contribution in [-0.4, -0.2) is 44.0 Å². The van der Waals surface area contributed by atoms with Crippen molar-refractivity contribution < 1.29 is 14.4 Å². The van der Waals surface area contributed by atoms with Crippen LogP contribution in [-0.2, 0) is 9.59 Å². The highest BCUT2D eigenvalue weighted by Gasteiger charge is 2.24. The molecule has 7 nitrogen and oxygen atoms in total. The topological polar surface area (TPSA) is 99.3 Å². The third-order valence-corrected chi connectivity index (χ3v) is 3.48. The summed E-state index contributed by atoms with van der Waals surface area (Å²) >= 11 is 0. The Kier molecular flexibility index (Phi) is 6.83. The number of likely N-dealkylation sites (N-methyl/N-ethyl adjacent to an activating group) is 1. The summed E-state index contributed by atoms with van der Waals surface area (Å²) in [6.07, 6.45) is 5.29. The van der Waals surface area contributed by atoms with Gasteiger partial charge in [0.1, 0.15) is 6.04 Å². The van der Waals surface area contributed by atoms with Crippen LogP contribution in [0.4, 0.5) is 4.79 Å². The van der Waals surface area contributed by atoms with Gasteiger partial charge in [-0.25, -0.2) is 4.79 Å². The summed E-state index contributed by atoms with van der Waals surface area (Å²) in [5.41, 5.74) is 0. The van der Waals surface area contributed by atoms with Gasteiger partial charge in [0, 0.05) is 20.1 Å². The molecule has 1 aliphatic carbocycles. The third kappa shape index (κ3) is 5.46. The van der Waals surface area contributed by atoms with Crippen molar-refractivity contribution in [1.29, 1.82) is 0 Å². The largest absolute Gasteiger partial charge is 0.359 e. The van der Waals surface area contributed by atoms with E-state index in [0.717, 1.165) is 25.7 Å². The van der Waals surface area contributed by atoms with Crippen LogP contribution in [0.1, 0.15) is 38.5 Å². The van der Waals surface area contributed by atoms with Crippen molar-refractivity contribution in [3.05, 3.63) is 0 Å². The van der Waals surface area contributed by atoms with E-state index in [1.807, 2.05) is 0 Å². The molecule has 1 rings (SSSR count). The standard InChI is InChI=1S/C13H24N4O3/c1-14-11(18)8-10(12(19)15-2)17-13(20)16-9-6-4-3-5-7-9/h9-10H,3-8H2,1-2H3,(H,14,18)(H,15,19)(H2,16,17,20)/t10-/m0/s1. The maximum absolute atomic E-state index is 11.9. The Morgan fingerprint density at radius 1 is 1.05 bits per heavy atom. The second-order valence-electron chi connectivity index (χ2n) is 5.00. The quantitative estimate of drug-likeness (QED) is 0.566. The van der Waals surface area contributed by atoms with Crippen molar-refractivity contribution in [3.63, 3.8) is 0 Å². The molecule has 0 aliphatic heterocycles. The monoisotopic (exact) mass is 284 g/mol. The average molecular weight is 284 g/mol. The maximum Gasteiger partial charge on any atom is 0.315 e. The van der Waals surface area contributed by atoms with Gasteiger partial charge in [0.05, 0.1) is 6.42 Å². The first-order valence-electron chi connectivity index (χ1n) is 7.06. The zero-order chi connectivity index (χ0) is 15.0. The summed E-state index contributed by atoms with van der Waals surface area (Å²) in [6.45, 7) is 0. The van der Waals surface area contributed by atoms with E-state index in [1.54, 1.807) is 0 Å². The Bertz CT molecular complexity index is 354. The van der Waals surface area contributed by atoms with Crippen molar-refractivity contribution in [2.24, 2.45) is 0 Å². The smallest absolute Gasteiger partial charge is 0.315 e. The van der Waals surface area contributed by atoms with Gasteiger partial charge in [0.25, 0.3) is 0 Å². The number of rotatable bonds is 5. The summed E-state index contributed by atoms with van der Waals surface area (Å²) in [5.74, 6) is -0.677. The maximum atomic E-state index is 11.9. The Hall–Kier alpha value is -1.79. The molecule has 4 amide bonds. The molecule has 0 spiro atoms. The van der Waals surface area contributed by atoms with Crippen molar-refractivity contribution in [2.45, 2.75) is 50.6 Å². The molecule has 0 heterocycles. The second kappa shape index (κ2) is 8.39. The summed E-state index contributed by atoms with van der Waals surface area (Å²) < 4.78 is 0. The minimum absolute atomic E-state index is 0.0751. The lowest BCUT2D eigenvalue weighted by molar-refractivity contribution is -0.127. The van der Waals surface area contributed by atoms with E-state index in [9.17, 15) is 14.4 Å². The van der Waals surface area contributed by atoms with Crippen molar-refractivity contribution in [1.82, 2.24) is 21.3 Å². The lowest BCUT2D eigenvalue weighted by atomic mass is 9.96. The fourth-order valence-corrected chi connectivity index (χ4v) is 2.30. The molecular weight excluding hydrogens is 260 g/mol. The molecule has 114 valence electrons. The highest BCUT2D eigenvalue weighted by Crippen LogP contribution is 2.17. The molecule has 0 bridgehead atoms.